The third kappa shape index (κ3) is 2.43. The zero-order valence-corrected chi connectivity index (χ0v) is 13.4. The number of aliphatic hydroxyl groups excluding tert-OH is 1. The van der Waals surface area contributed by atoms with E-state index in [1.807, 2.05) is 31.2 Å². The first-order valence-electron chi connectivity index (χ1n) is 7.41. The fraction of sp³-hybridized carbons (Fsp3) is 0.500. The van der Waals surface area contributed by atoms with Crippen LogP contribution in [0.3, 0.4) is 0 Å². The van der Waals surface area contributed by atoms with Gasteiger partial charge in [-0.3, -0.25) is 9.59 Å². The number of aliphatic hydroxyl groups is 1. The minimum absolute atomic E-state index is 0.340. The van der Waals surface area contributed by atoms with E-state index in [9.17, 15) is 19.8 Å². The molecule has 23 heavy (non-hydrogen) atoms. The number of hydrogen-bond acceptors (Lipinski definition) is 5. The fourth-order valence-corrected chi connectivity index (χ4v) is 5.02. The standard InChI is InChI=1S/C16H19NO5S/c1-7-2-4-8(5-3-7)23-6-9-13(18)10-11(14(19)20)12(10)16(9,17)15(21)22/h2-5,9-13,18H,6,17H2,1H3,(H,19,20)(H,21,22). The van der Waals surface area contributed by atoms with Crippen LogP contribution in [0.15, 0.2) is 29.2 Å². The van der Waals surface area contributed by atoms with Crippen LogP contribution < -0.4 is 5.73 Å². The second kappa shape index (κ2) is 5.51. The second-order valence-corrected chi connectivity index (χ2v) is 7.52. The molecule has 1 aromatic carbocycles. The number of carboxylic acids is 2. The van der Waals surface area contributed by atoms with E-state index >= 15 is 0 Å². The van der Waals surface area contributed by atoms with Gasteiger partial charge >= 0.3 is 11.9 Å². The number of aryl methyl sites for hydroxylation is 1. The lowest BCUT2D eigenvalue weighted by atomic mass is 9.81. The molecule has 0 bridgehead atoms. The van der Waals surface area contributed by atoms with Gasteiger partial charge in [-0.1, -0.05) is 17.7 Å². The topological polar surface area (TPSA) is 121 Å². The summed E-state index contributed by atoms with van der Waals surface area (Å²) in [5.74, 6) is -4.76. The molecule has 7 heteroatoms. The normalized spacial score (nSPS) is 38.1. The lowest BCUT2D eigenvalue weighted by molar-refractivity contribution is -0.148. The minimum atomic E-state index is -1.69. The molecule has 2 saturated carbocycles. The molecule has 2 aliphatic rings. The van der Waals surface area contributed by atoms with Crippen LogP contribution in [0.5, 0.6) is 0 Å². The van der Waals surface area contributed by atoms with Crippen molar-refractivity contribution in [1.29, 1.82) is 0 Å². The van der Waals surface area contributed by atoms with E-state index in [-0.39, 0.29) is 0 Å². The highest BCUT2D eigenvalue weighted by atomic mass is 32.2. The van der Waals surface area contributed by atoms with Crippen molar-refractivity contribution < 1.29 is 24.9 Å². The molecule has 1 aromatic rings. The monoisotopic (exact) mass is 337 g/mol. The molecule has 0 amide bonds. The van der Waals surface area contributed by atoms with E-state index in [1.165, 1.54) is 11.8 Å². The van der Waals surface area contributed by atoms with Gasteiger partial charge in [0, 0.05) is 28.4 Å². The maximum Gasteiger partial charge on any atom is 0.324 e. The molecular formula is C16H19NO5S. The van der Waals surface area contributed by atoms with Crippen molar-refractivity contribution in [1.82, 2.24) is 0 Å². The smallest absolute Gasteiger partial charge is 0.324 e. The largest absolute Gasteiger partial charge is 0.481 e. The van der Waals surface area contributed by atoms with Gasteiger partial charge in [-0.05, 0) is 19.1 Å². The molecule has 5 N–H and O–H groups in total. The Bertz CT molecular complexity index is 648. The van der Waals surface area contributed by atoms with Gasteiger partial charge in [0.25, 0.3) is 0 Å². The van der Waals surface area contributed by atoms with E-state index in [0.29, 0.717) is 5.75 Å². The van der Waals surface area contributed by atoms with Gasteiger partial charge in [-0.25, -0.2) is 0 Å². The molecule has 0 radical (unpaired) electrons. The van der Waals surface area contributed by atoms with Crippen molar-refractivity contribution in [2.24, 2.45) is 29.4 Å². The molecular weight excluding hydrogens is 318 g/mol. The van der Waals surface area contributed by atoms with Crippen molar-refractivity contribution in [2.75, 3.05) is 5.75 Å². The third-order valence-electron chi connectivity index (χ3n) is 5.15. The molecule has 124 valence electrons. The number of nitrogens with two attached hydrogens (primary N) is 1. The van der Waals surface area contributed by atoms with Gasteiger partial charge in [0.15, 0.2) is 0 Å². The maximum atomic E-state index is 11.7. The highest BCUT2D eigenvalue weighted by Crippen LogP contribution is 2.64. The summed E-state index contributed by atoms with van der Waals surface area (Å²) in [4.78, 5) is 23.9. The number of fused-ring (bicyclic) bond motifs is 1. The number of carboxylic acid groups (broad SMARTS) is 2. The highest BCUT2D eigenvalue weighted by molar-refractivity contribution is 7.99. The average Bonchev–Trinajstić information content (AvgIpc) is 3.20. The maximum absolute atomic E-state index is 11.7. The molecule has 0 heterocycles. The van der Waals surface area contributed by atoms with E-state index in [0.717, 1.165) is 10.5 Å². The van der Waals surface area contributed by atoms with Gasteiger partial charge < -0.3 is 21.1 Å². The van der Waals surface area contributed by atoms with Gasteiger partial charge in [0.1, 0.15) is 5.54 Å². The van der Waals surface area contributed by atoms with Crippen LogP contribution in [0.2, 0.25) is 0 Å². The van der Waals surface area contributed by atoms with Gasteiger partial charge in [-0.15, -0.1) is 11.8 Å². The Morgan fingerprint density at radius 1 is 1.26 bits per heavy atom. The lowest BCUT2D eigenvalue weighted by Gasteiger charge is -2.32. The van der Waals surface area contributed by atoms with Crippen LogP contribution >= 0.6 is 11.8 Å². The Morgan fingerprint density at radius 3 is 2.39 bits per heavy atom. The Kier molecular flexibility index (Phi) is 3.90. The number of aliphatic carboxylic acids is 2. The Morgan fingerprint density at radius 2 is 1.87 bits per heavy atom. The molecule has 6 unspecified atom stereocenters. The first kappa shape index (κ1) is 16.3. The third-order valence-corrected chi connectivity index (χ3v) is 6.28. The van der Waals surface area contributed by atoms with Crippen molar-refractivity contribution in [3.63, 3.8) is 0 Å². The summed E-state index contributed by atoms with van der Waals surface area (Å²) >= 11 is 1.43. The summed E-state index contributed by atoms with van der Waals surface area (Å²) in [6, 6.07) is 7.78. The van der Waals surface area contributed by atoms with Crippen LogP contribution in [0.25, 0.3) is 0 Å². The van der Waals surface area contributed by atoms with Crippen LogP contribution in [0.4, 0.5) is 0 Å². The molecule has 2 fully saturated rings. The van der Waals surface area contributed by atoms with Gasteiger partial charge in [0.2, 0.25) is 0 Å². The molecule has 0 aliphatic heterocycles. The van der Waals surface area contributed by atoms with Crippen molar-refractivity contribution in [3.8, 4) is 0 Å². The van der Waals surface area contributed by atoms with Crippen LogP contribution in [-0.2, 0) is 9.59 Å². The summed E-state index contributed by atoms with van der Waals surface area (Å²) in [5, 5.41) is 29.1. The first-order valence-corrected chi connectivity index (χ1v) is 8.39. The van der Waals surface area contributed by atoms with E-state index in [2.05, 4.69) is 0 Å². The molecule has 0 aromatic heterocycles. The van der Waals surface area contributed by atoms with Crippen molar-refractivity contribution in [2.45, 2.75) is 23.5 Å². The zero-order valence-electron chi connectivity index (χ0n) is 12.5. The molecule has 0 spiro atoms. The van der Waals surface area contributed by atoms with Crippen LogP contribution in [0.1, 0.15) is 5.56 Å². The van der Waals surface area contributed by atoms with Crippen LogP contribution in [-0.4, -0.2) is 44.7 Å². The van der Waals surface area contributed by atoms with E-state index in [4.69, 9.17) is 10.8 Å². The molecule has 2 aliphatic carbocycles. The molecule has 6 atom stereocenters. The Labute approximate surface area is 137 Å². The predicted octanol–water partition coefficient (Wildman–Crippen LogP) is 0.807. The van der Waals surface area contributed by atoms with Gasteiger partial charge in [-0.2, -0.15) is 0 Å². The molecule has 0 saturated heterocycles. The zero-order chi connectivity index (χ0) is 16.9. The summed E-state index contributed by atoms with van der Waals surface area (Å²) in [5.41, 5.74) is 5.54. The quantitative estimate of drug-likeness (QED) is 0.587. The van der Waals surface area contributed by atoms with Crippen molar-refractivity contribution >= 4 is 23.7 Å². The number of rotatable bonds is 5. The number of thioether (sulfide) groups is 1. The predicted molar refractivity (Wildman–Crippen MR) is 84.1 cm³/mol. The summed E-state index contributed by atoms with van der Waals surface area (Å²) in [6.45, 7) is 1.98. The fourth-order valence-electron chi connectivity index (χ4n) is 3.85. The van der Waals surface area contributed by atoms with Crippen LogP contribution in [0, 0.1) is 30.6 Å². The minimum Gasteiger partial charge on any atom is -0.481 e. The summed E-state index contributed by atoms with van der Waals surface area (Å²) in [6.07, 6.45) is -1.000. The van der Waals surface area contributed by atoms with Crippen molar-refractivity contribution in [3.05, 3.63) is 29.8 Å². The summed E-state index contributed by atoms with van der Waals surface area (Å²) in [7, 11) is 0. The first-order chi connectivity index (χ1) is 10.8. The Hall–Kier alpha value is -1.57. The number of hydrogen-bond donors (Lipinski definition) is 4. The number of benzene rings is 1. The molecule has 3 rings (SSSR count). The number of carbonyl (C=O) groups is 2. The lowest BCUT2D eigenvalue weighted by Crippen LogP contribution is -2.58. The average molecular weight is 337 g/mol. The highest BCUT2D eigenvalue weighted by Gasteiger charge is 2.77. The second-order valence-electron chi connectivity index (χ2n) is 6.43. The summed E-state index contributed by atoms with van der Waals surface area (Å²) < 4.78 is 0. The SMILES string of the molecule is Cc1ccc(SCC2C(O)C3C(C(=O)O)C3C2(N)C(=O)O)cc1. The van der Waals surface area contributed by atoms with E-state index in [1.54, 1.807) is 0 Å². The molecule has 6 nitrogen and oxygen atoms in total. The van der Waals surface area contributed by atoms with E-state index < -0.39 is 47.3 Å². The Balaban J connectivity index is 1.78. The van der Waals surface area contributed by atoms with Gasteiger partial charge in [0.05, 0.1) is 12.0 Å².